The van der Waals surface area contributed by atoms with E-state index in [-0.39, 0.29) is 17.9 Å². The zero-order valence-electron chi connectivity index (χ0n) is 12.1. The predicted octanol–water partition coefficient (Wildman–Crippen LogP) is 3.30. The second-order valence-corrected chi connectivity index (χ2v) is 5.01. The SMILES string of the molecule is CCOC(=O)C(O)c1c(O)c2ccccc2c2ccccc12. The molecule has 3 aromatic carbocycles. The van der Waals surface area contributed by atoms with Crippen LogP contribution < -0.4 is 0 Å². The normalized spacial score (nSPS) is 12.5. The molecule has 1 unspecified atom stereocenters. The van der Waals surface area contributed by atoms with E-state index < -0.39 is 12.1 Å². The Kier molecular flexibility index (Phi) is 3.69. The molecule has 1 atom stereocenters. The molecule has 112 valence electrons. The van der Waals surface area contributed by atoms with Crippen LogP contribution in [-0.2, 0) is 9.53 Å². The molecule has 0 aliphatic heterocycles. The van der Waals surface area contributed by atoms with Crippen molar-refractivity contribution < 1.29 is 19.7 Å². The van der Waals surface area contributed by atoms with Crippen LogP contribution in [0.2, 0.25) is 0 Å². The zero-order chi connectivity index (χ0) is 15.7. The zero-order valence-corrected chi connectivity index (χ0v) is 12.1. The third kappa shape index (κ3) is 2.18. The standard InChI is InChI=1S/C18H16O4/c1-2-22-18(21)17(20)15-13-9-5-3-7-11(13)12-8-4-6-10-14(12)16(15)19/h3-10,17,19-20H,2H2,1H3. The Bertz CT molecular complexity index is 854. The van der Waals surface area contributed by atoms with Crippen molar-refractivity contribution in [2.45, 2.75) is 13.0 Å². The molecule has 0 fully saturated rings. The largest absolute Gasteiger partial charge is 0.507 e. The van der Waals surface area contributed by atoms with E-state index in [1.54, 1.807) is 31.2 Å². The molecule has 0 radical (unpaired) electrons. The van der Waals surface area contributed by atoms with Gasteiger partial charge < -0.3 is 14.9 Å². The molecule has 0 saturated carbocycles. The number of benzene rings is 3. The maximum atomic E-state index is 11.9. The van der Waals surface area contributed by atoms with Crippen molar-refractivity contribution >= 4 is 27.5 Å². The van der Waals surface area contributed by atoms with Crippen molar-refractivity contribution in [3.63, 3.8) is 0 Å². The van der Waals surface area contributed by atoms with Gasteiger partial charge in [-0.05, 0) is 23.1 Å². The third-order valence-electron chi connectivity index (χ3n) is 3.73. The van der Waals surface area contributed by atoms with Crippen molar-refractivity contribution in [2.75, 3.05) is 6.61 Å². The average molecular weight is 296 g/mol. The average Bonchev–Trinajstić information content (AvgIpc) is 2.55. The summed E-state index contributed by atoms with van der Waals surface area (Å²) in [4.78, 5) is 11.9. The summed E-state index contributed by atoms with van der Waals surface area (Å²) in [6.07, 6.45) is -1.52. The summed E-state index contributed by atoms with van der Waals surface area (Å²) in [7, 11) is 0. The van der Waals surface area contributed by atoms with E-state index in [2.05, 4.69) is 0 Å². The van der Waals surface area contributed by atoms with Gasteiger partial charge in [-0.2, -0.15) is 0 Å². The van der Waals surface area contributed by atoms with Gasteiger partial charge in [-0.25, -0.2) is 4.79 Å². The molecule has 0 spiro atoms. The number of phenolic OH excluding ortho intramolecular Hbond substituents is 1. The minimum atomic E-state index is -1.52. The number of carbonyl (C=O) groups is 1. The van der Waals surface area contributed by atoms with Gasteiger partial charge in [0.15, 0.2) is 6.10 Å². The lowest BCUT2D eigenvalue weighted by Crippen LogP contribution is -2.16. The number of hydrogen-bond donors (Lipinski definition) is 2. The Morgan fingerprint density at radius 3 is 2.09 bits per heavy atom. The van der Waals surface area contributed by atoms with E-state index in [9.17, 15) is 15.0 Å². The summed E-state index contributed by atoms with van der Waals surface area (Å²) >= 11 is 0. The van der Waals surface area contributed by atoms with Crippen LogP contribution >= 0.6 is 0 Å². The van der Waals surface area contributed by atoms with Gasteiger partial charge in [0, 0.05) is 10.9 Å². The van der Waals surface area contributed by atoms with Crippen molar-refractivity contribution in [1.29, 1.82) is 0 Å². The van der Waals surface area contributed by atoms with Crippen LogP contribution in [0.25, 0.3) is 21.5 Å². The molecule has 22 heavy (non-hydrogen) atoms. The van der Waals surface area contributed by atoms with E-state index in [0.29, 0.717) is 10.8 Å². The number of hydrogen-bond acceptors (Lipinski definition) is 4. The lowest BCUT2D eigenvalue weighted by atomic mass is 9.93. The molecular formula is C18H16O4. The Morgan fingerprint density at radius 2 is 1.50 bits per heavy atom. The fourth-order valence-corrected chi connectivity index (χ4v) is 2.77. The molecule has 0 aliphatic rings. The van der Waals surface area contributed by atoms with Crippen LogP contribution in [0.1, 0.15) is 18.6 Å². The van der Waals surface area contributed by atoms with Gasteiger partial charge >= 0.3 is 5.97 Å². The highest BCUT2D eigenvalue weighted by molar-refractivity contribution is 6.13. The van der Waals surface area contributed by atoms with Gasteiger partial charge in [0.2, 0.25) is 0 Å². The Balaban J connectivity index is 2.36. The lowest BCUT2D eigenvalue weighted by molar-refractivity contribution is -0.153. The summed E-state index contributed by atoms with van der Waals surface area (Å²) in [6.45, 7) is 1.84. The third-order valence-corrected chi connectivity index (χ3v) is 3.73. The Labute approximate surface area is 127 Å². The van der Waals surface area contributed by atoms with E-state index >= 15 is 0 Å². The highest BCUT2D eigenvalue weighted by Gasteiger charge is 2.26. The smallest absolute Gasteiger partial charge is 0.339 e. The number of aliphatic hydroxyl groups excluding tert-OH is 1. The minimum Gasteiger partial charge on any atom is -0.507 e. The van der Waals surface area contributed by atoms with Gasteiger partial charge in [0.25, 0.3) is 0 Å². The minimum absolute atomic E-state index is 0.0881. The summed E-state index contributed by atoms with van der Waals surface area (Å²) in [5.74, 6) is -0.854. The lowest BCUT2D eigenvalue weighted by Gasteiger charge is -2.17. The molecule has 0 bridgehead atoms. The molecule has 0 amide bonds. The first kappa shape index (κ1) is 14.4. The highest BCUT2D eigenvalue weighted by atomic mass is 16.5. The van der Waals surface area contributed by atoms with Crippen molar-refractivity contribution in [1.82, 2.24) is 0 Å². The molecule has 3 aromatic rings. The van der Waals surface area contributed by atoms with Crippen LogP contribution in [0, 0.1) is 0 Å². The topological polar surface area (TPSA) is 66.8 Å². The number of fused-ring (bicyclic) bond motifs is 3. The Hall–Kier alpha value is -2.59. The maximum Gasteiger partial charge on any atom is 0.339 e. The van der Waals surface area contributed by atoms with E-state index in [0.717, 1.165) is 10.8 Å². The van der Waals surface area contributed by atoms with Crippen LogP contribution in [-0.4, -0.2) is 22.8 Å². The number of carbonyl (C=O) groups excluding carboxylic acids is 1. The summed E-state index contributed by atoms with van der Waals surface area (Å²) in [5, 5.41) is 23.9. The second-order valence-electron chi connectivity index (χ2n) is 5.01. The van der Waals surface area contributed by atoms with Gasteiger partial charge in [0.05, 0.1) is 6.61 Å². The van der Waals surface area contributed by atoms with Crippen LogP contribution in [0.4, 0.5) is 0 Å². The predicted molar refractivity (Wildman–Crippen MR) is 84.7 cm³/mol. The molecule has 3 rings (SSSR count). The van der Waals surface area contributed by atoms with Crippen LogP contribution in [0.15, 0.2) is 48.5 Å². The molecule has 0 heterocycles. The van der Waals surface area contributed by atoms with E-state index in [1.807, 2.05) is 24.3 Å². The van der Waals surface area contributed by atoms with E-state index in [4.69, 9.17) is 4.74 Å². The van der Waals surface area contributed by atoms with Gasteiger partial charge in [-0.15, -0.1) is 0 Å². The second kappa shape index (κ2) is 5.66. The van der Waals surface area contributed by atoms with Crippen molar-refractivity contribution in [3.05, 3.63) is 54.1 Å². The summed E-state index contributed by atoms with van der Waals surface area (Å²) in [6, 6.07) is 14.7. The number of esters is 1. The number of ether oxygens (including phenoxy) is 1. The number of aliphatic hydroxyl groups is 1. The fraction of sp³-hybridized carbons (Fsp3) is 0.167. The van der Waals surface area contributed by atoms with Gasteiger partial charge in [-0.3, -0.25) is 0 Å². The van der Waals surface area contributed by atoms with Gasteiger partial charge in [0.1, 0.15) is 5.75 Å². The number of aromatic hydroxyl groups is 1. The quantitative estimate of drug-likeness (QED) is 0.575. The number of phenols is 1. The van der Waals surface area contributed by atoms with Crippen molar-refractivity contribution in [2.24, 2.45) is 0 Å². The Morgan fingerprint density at radius 1 is 1.00 bits per heavy atom. The molecule has 4 nitrogen and oxygen atoms in total. The molecule has 4 heteroatoms. The van der Waals surface area contributed by atoms with Gasteiger partial charge in [-0.1, -0.05) is 48.5 Å². The summed E-state index contributed by atoms with van der Waals surface area (Å²) in [5.41, 5.74) is 0.188. The first-order chi connectivity index (χ1) is 10.6. The number of rotatable bonds is 3. The first-order valence-electron chi connectivity index (χ1n) is 7.12. The highest BCUT2D eigenvalue weighted by Crippen LogP contribution is 2.40. The molecular weight excluding hydrogens is 280 g/mol. The molecule has 0 aromatic heterocycles. The molecule has 0 saturated heterocycles. The maximum absolute atomic E-state index is 11.9. The molecule has 0 aliphatic carbocycles. The monoisotopic (exact) mass is 296 g/mol. The van der Waals surface area contributed by atoms with Crippen LogP contribution in [0.3, 0.4) is 0 Å². The van der Waals surface area contributed by atoms with Crippen molar-refractivity contribution in [3.8, 4) is 5.75 Å². The fourth-order valence-electron chi connectivity index (χ4n) is 2.77. The van der Waals surface area contributed by atoms with E-state index in [1.165, 1.54) is 0 Å². The van der Waals surface area contributed by atoms with Crippen LogP contribution in [0.5, 0.6) is 5.75 Å². The molecule has 2 N–H and O–H groups in total. The summed E-state index contributed by atoms with van der Waals surface area (Å²) < 4.78 is 4.87. The first-order valence-corrected chi connectivity index (χ1v) is 7.12.